The maximum Gasteiger partial charge on any atom is 0.235 e. The highest BCUT2D eigenvalue weighted by molar-refractivity contribution is 5.35. The van der Waals surface area contributed by atoms with Gasteiger partial charge in [-0.15, -0.1) is 0 Å². The van der Waals surface area contributed by atoms with Crippen LogP contribution in [0.5, 0.6) is 0 Å². The maximum absolute atomic E-state index is 10.0. The zero-order chi connectivity index (χ0) is 8.81. The van der Waals surface area contributed by atoms with Crippen molar-refractivity contribution in [2.45, 2.75) is 12.5 Å². The third-order valence-electron chi connectivity index (χ3n) is 1.67. The first kappa shape index (κ1) is 8.69. The van der Waals surface area contributed by atoms with Gasteiger partial charge in [0.2, 0.25) is 6.08 Å². The smallest absolute Gasteiger partial charge is 0.211 e. The van der Waals surface area contributed by atoms with Gasteiger partial charge in [-0.3, -0.25) is 0 Å². The Labute approximate surface area is 71.9 Å². The normalized spacial score (nSPS) is 11.8. The van der Waals surface area contributed by atoms with E-state index in [2.05, 4.69) is 11.9 Å². The first-order valence-electron chi connectivity index (χ1n) is 3.79. The Kier molecular flexibility index (Phi) is 3.24. The van der Waals surface area contributed by atoms with E-state index in [1.807, 2.05) is 30.3 Å². The number of rotatable bonds is 3. The second-order valence-corrected chi connectivity index (χ2v) is 2.44. The van der Waals surface area contributed by atoms with Gasteiger partial charge in [0.05, 0.1) is 6.04 Å². The van der Waals surface area contributed by atoms with Crippen LogP contribution in [0.25, 0.3) is 0 Å². The quantitative estimate of drug-likeness (QED) is 0.492. The van der Waals surface area contributed by atoms with Crippen molar-refractivity contribution >= 4 is 6.08 Å². The Hall–Kier alpha value is -1.40. The van der Waals surface area contributed by atoms with Crippen molar-refractivity contribution in [2.24, 2.45) is 4.99 Å². The van der Waals surface area contributed by atoms with Crippen LogP contribution in [-0.4, -0.2) is 6.08 Å². The summed E-state index contributed by atoms with van der Waals surface area (Å²) in [5.74, 6) is 0. The minimum absolute atomic E-state index is 0.135. The minimum atomic E-state index is -0.135. The molecule has 0 fully saturated rings. The molecule has 1 rings (SSSR count). The minimum Gasteiger partial charge on any atom is -0.211 e. The van der Waals surface area contributed by atoms with Gasteiger partial charge in [-0.1, -0.05) is 37.3 Å². The summed E-state index contributed by atoms with van der Waals surface area (Å²) in [7, 11) is 0. The Balaban J connectivity index is 2.87. The van der Waals surface area contributed by atoms with E-state index in [1.165, 1.54) is 0 Å². The first-order valence-corrected chi connectivity index (χ1v) is 3.79. The molecule has 0 amide bonds. The van der Waals surface area contributed by atoms with Gasteiger partial charge in [0, 0.05) is 0 Å². The van der Waals surface area contributed by atoms with Crippen molar-refractivity contribution in [1.82, 2.24) is 0 Å². The maximum atomic E-state index is 10.0. The fourth-order valence-electron chi connectivity index (χ4n) is 1.04. The summed E-state index contributed by atoms with van der Waals surface area (Å²) in [4.78, 5) is 13.7. The van der Waals surface area contributed by atoms with Gasteiger partial charge in [-0.2, -0.15) is 4.99 Å². The molecule has 0 spiro atoms. The molecule has 0 aromatic heterocycles. The summed E-state index contributed by atoms with van der Waals surface area (Å²) in [6.45, 7) is 3.71. The lowest BCUT2D eigenvalue weighted by atomic mass is 10.1. The van der Waals surface area contributed by atoms with Crippen LogP contribution in [-0.2, 0) is 4.79 Å². The molecule has 1 atom stereocenters. The summed E-state index contributed by atoms with van der Waals surface area (Å²) >= 11 is 0. The van der Waals surface area contributed by atoms with Gasteiger partial charge >= 0.3 is 0 Å². The fraction of sp³-hybridized carbons (Fsp3) is 0.200. The van der Waals surface area contributed by atoms with Crippen LogP contribution in [0.15, 0.2) is 35.3 Å². The van der Waals surface area contributed by atoms with Crippen LogP contribution < -0.4 is 0 Å². The largest absolute Gasteiger partial charge is 0.235 e. The highest BCUT2D eigenvalue weighted by Crippen LogP contribution is 2.18. The van der Waals surface area contributed by atoms with Gasteiger partial charge < -0.3 is 0 Å². The van der Waals surface area contributed by atoms with Gasteiger partial charge in [0.15, 0.2) is 0 Å². The van der Waals surface area contributed by atoms with E-state index in [0.29, 0.717) is 6.42 Å². The number of isocyanates is 1. The summed E-state index contributed by atoms with van der Waals surface area (Å²) in [6, 6.07) is 9.47. The standard InChI is InChI=1S/C10H10NO/c1-2-10(11-8-12)9-6-4-3-5-7-9/h3-7,10H,1-2H2. The molecular formula is C10H10NO. The lowest BCUT2D eigenvalue weighted by Crippen LogP contribution is -1.92. The van der Waals surface area contributed by atoms with E-state index < -0.39 is 0 Å². The number of hydrogen-bond acceptors (Lipinski definition) is 2. The summed E-state index contributed by atoms with van der Waals surface area (Å²) < 4.78 is 0. The molecule has 2 nitrogen and oxygen atoms in total. The van der Waals surface area contributed by atoms with E-state index >= 15 is 0 Å². The van der Waals surface area contributed by atoms with E-state index in [9.17, 15) is 4.79 Å². The third kappa shape index (κ3) is 2.04. The van der Waals surface area contributed by atoms with E-state index in [4.69, 9.17) is 0 Å². The highest BCUT2D eigenvalue weighted by Gasteiger charge is 2.04. The van der Waals surface area contributed by atoms with Gasteiger partial charge in [-0.25, -0.2) is 4.79 Å². The molecule has 0 N–H and O–H groups in total. The molecule has 1 aromatic rings. The topological polar surface area (TPSA) is 29.4 Å². The average molecular weight is 160 g/mol. The van der Waals surface area contributed by atoms with Crippen molar-refractivity contribution in [3.05, 3.63) is 42.8 Å². The number of nitrogens with zero attached hydrogens (tertiary/aromatic N) is 1. The van der Waals surface area contributed by atoms with Gasteiger partial charge in [0.1, 0.15) is 0 Å². The van der Waals surface area contributed by atoms with Gasteiger partial charge in [-0.05, 0) is 12.0 Å². The van der Waals surface area contributed by atoms with Gasteiger partial charge in [0.25, 0.3) is 0 Å². The van der Waals surface area contributed by atoms with Crippen molar-refractivity contribution in [3.8, 4) is 0 Å². The molecule has 0 saturated carbocycles. The Morgan fingerprint density at radius 2 is 2.08 bits per heavy atom. The molecule has 1 aromatic carbocycles. The second kappa shape index (κ2) is 4.47. The molecule has 0 bridgehead atoms. The van der Waals surface area contributed by atoms with Crippen molar-refractivity contribution in [3.63, 3.8) is 0 Å². The molecule has 12 heavy (non-hydrogen) atoms. The molecule has 61 valence electrons. The molecule has 1 radical (unpaired) electrons. The van der Waals surface area contributed by atoms with Crippen LogP contribution in [0.4, 0.5) is 0 Å². The molecular weight excluding hydrogens is 150 g/mol. The molecule has 0 aliphatic rings. The average Bonchev–Trinajstić information content (AvgIpc) is 2.15. The van der Waals surface area contributed by atoms with E-state index in [-0.39, 0.29) is 6.04 Å². The third-order valence-corrected chi connectivity index (χ3v) is 1.67. The number of aliphatic imine (C=N–C) groups is 1. The molecule has 0 aliphatic carbocycles. The van der Waals surface area contributed by atoms with Crippen LogP contribution >= 0.6 is 0 Å². The Morgan fingerprint density at radius 1 is 1.42 bits per heavy atom. The zero-order valence-corrected chi connectivity index (χ0v) is 6.73. The van der Waals surface area contributed by atoms with E-state index in [0.717, 1.165) is 5.56 Å². The lowest BCUT2D eigenvalue weighted by Gasteiger charge is -2.06. The monoisotopic (exact) mass is 160 g/mol. The highest BCUT2D eigenvalue weighted by atomic mass is 16.1. The fourth-order valence-corrected chi connectivity index (χ4v) is 1.04. The van der Waals surface area contributed by atoms with Crippen LogP contribution in [0, 0.1) is 6.92 Å². The van der Waals surface area contributed by atoms with Crippen molar-refractivity contribution in [2.75, 3.05) is 0 Å². The predicted molar refractivity (Wildman–Crippen MR) is 47.3 cm³/mol. The molecule has 0 saturated heterocycles. The SMILES string of the molecule is [CH2]CC(N=C=O)c1ccccc1. The number of carbonyl (C=O) groups excluding carboxylic acids is 1. The molecule has 2 heteroatoms. The van der Waals surface area contributed by atoms with Crippen molar-refractivity contribution in [1.29, 1.82) is 0 Å². The van der Waals surface area contributed by atoms with E-state index in [1.54, 1.807) is 6.08 Å². The summed E-state index contributed by atoms with van der Waals surface area (Å²) in [5, 5.41) is 0. The van der Waals surface area contributed by atoms with Crippen LogP contribution in [0.3, 0.4) is 0 Å². The predicted octanol–water partition coefficient (Wildman–Crippen LogP) is 2.29. The second-order valence-electron chi connectivity index (χ2n) is 2.44. The first-order chi connectivity index (χ1) is 5.88. The number of benzene rings is 1. The van der Waals surface area contributed by atoms with Crippen molar-refractivity contribution < 1.29 is 4.79 Å². The van der Waals surface area contributed by atoms with Crippen LogP contribution in [0.1, 0.15) is 18.0 Å². The Bertz CT molecular complexity index is 275. The lowest BCUT2D eigenvalue weighted by molar-refractivity contribution is 0.557. The molecule has 1 unspecified atom stereocenters. The number of hydrogen-bond donors (Lipinski definition) is 0. The zero-order valence-electron chi connectivity index (χ0n) is 6.73. The Morgan fingerprint density at radius 3 is 2.58 bits per heavy atom. The summed E-state index contributed by atoms with van der Waals surface area (Å²) in [5.41, 5.74) is 1.01. The summed E-state index contributed by atoms with van der Waals surface area (Å²) in [6.07, 6.45) is 2.13. The van der Waals surface area contributed by atoms with Crippen LogP contribution in [0.2, 0.25) is 0 Å². The molecule has 0 heterocycles. The molecule has 0 aliphatic heterocycles.